The molecule has 0 aliphatic heterocycles. The highest BCUT2D eigenvalue weighted by atomic mass is 16.5. The zero-order valence-electron chi connectivity index (χ0n) is 12.5. The quantitative estimate of drug-likeness (QED) is 0.255. The summed E-state index contributed by atoms with van der Waals surface area (Å²) in [4.78, 5) is 24.6. The summed E-state index contributed by atoms with van der Waals surface area (Å²) in [5.41, 5.74) is 0.966. The lowest BCUT2D eigenvalue weighted by Gasteiger charge is -2.06. The molecule has 0 aliphatic rings. The zero-order chi connectivity index (χ0) is 15.9. The highest BCUT2D eigenvalue weighted by molar-refractivity contribution is 5.69. The van der Waals surface area contributed by atoms with Gasteiger partial charge in [-0.2, -0.15) is 0 Å². The molecule has 0 amide bonds. The van der Waals surface area contributed by atoms with Crippen LogP contribution in [0.4, 0.5) is 0 Å². The van der Waals surface area contributed by atoms with Crippen molar-refractivity contribution in [2.24, 2.45) is 4.99 Å². The monoisotopic (exact) mass is 307 g/mol. The van der Waals surface area contributed by atoms with Crippen LogP contribution in [-0.4, -0.2) is 45.0 Å². The molecule has 0 N–H and O–H groups in total. The first-order valence-corrected chi connectivity index (χ1v) is 7.21. The summed E-state index contributed by atoms with van der Waals surface area (Å²) in [6.45, 7) is 2.41. The molecule has 0 saturated carbocycles. The molecular formula is C16H21NO5. The topological polar surface area (TPSA) is 74.2 Å². The second-order valence-corrected chi connectivity index (χ2v) is 4.45. The Hall–Kier alpha value is -2.01. The lowest BCUT2D eigenvalue weighted by molar-refractivity contribution is -0.146. The molecule has 1 aromatic carbocycles. The Labute approximate surface area is 130 Å². The molecule has 22 heavy (non-hydrogen) atoms. The number of ether oxygens (including phenoxy) is 3. The fourth-order valence-electron chi connectivity index (χ4n) is 1.59. The summed E-state index contributed by atoms with van der Waals surface area (Å²) in [7, 11) is 0. The van der Waals surface area contributed by atoms with Gasteiger partial charge in [-0.25, -0.2) is 9.79 Å². The highest BCUT2D eigenvalue weighted by Gasteiger charge is 2.03. The van der Waals surface area contributed by atoms with Gasteiger partial charge in [-0.3, -0.25) is 4.79 Å². The van der Waals surface area contributed by atoms with E-state index in [4.69, 9.17) is 14.2 Å². The molecule has 1 rings (SSSR count). The molecule has 0 aromatic heterocycles. The Balaban J connectivity index is 1.89. The molecule has 6 nitrogen and oxygen atoms in total. The van der Waals surface area contributed by atoms with Crippen molar-refractivity contribution in [2.75, 3.05) is 33.0 Å². The zero-order valence-corrected chi connectivity index (χ0v) is 12.5. The fourth-order valence-corrected chi connectivity index (χ4v) is 1.59. The van der Waals surface area contributed by atoms with Gasteiger partial charge >= 0.3 is 5.97 Å². The number of carbonyl (C=O) groups is 1. The van der Waals surface area contributed by atoms with Crippen LogP contribution in [0.2, 0.25) is 0 Å². The number of carbonyl (C=O) groups excluding carboxylic acids is 2. The second-order valence-electron chi connectivity index (χ2n) is 4.45. The van der Waals surface area contributed by atoms with E-state index >= 15 is 0 Å². The van der Waals surface area contributed by atoms with Crippen LogP contribution < -0.4 is 0 Å². The maximum atomic E-state index is 11.5. The van der Waals surface area contributed by atoms with Gasteiger partial charge in [-0.1, -0.05) is 30.3 Å². The van der Waals surface area contributed by atoms with Crippen LogP contribution in [0.15, 0.2) is 35.3 Å². The standard InChI is InChI=1S/C16H21NO5/c18-14-17-8-12-21-10-4-9-20-11-7-16(19)22-13-15-5-2-1-3-6-15/h1-3,5-6H,4,7-13H2. The summed E-state index contributed by atoms with van der Waals surface area (Å²) in [5, 5.41) is 0. The average Bonchev–Trinajstić information content (AvgIpc) is 2.55. The molecule has 0 aliphatic carbocycles. The van der Waals surface area contributed by atoms with Gasteiger partial charge in [0, 0.05) is 13.2 Å². The Kier molecular flexibility index (Phi) is 10.4. The average molecular weight is 307 g/mol. The van der Waals surface area contributed by atoms with Gasteiger partial charge in [0.25, 0.3) is 0 Å². The van der Waals surface area contributed by atoms with Crippen LogP contribution in [0.5, 0.6) is 0 Å². The maximum Gasteiger partial charge on any atom is 0.308 e. The van der Waals surface area contributed by atoms with Crippen molar-refractivity contribution < 1.29 is 23.8 Å². The van der Waals surface area contributed by atoms with Crippen molar-refractivity contribution in [3.63, 3.8) is 0 Å². The van der Waals surface area contributed by atoms with Crippen LogP contribution >= 0.6 is 0 Å². The van der Waals surface area contributed by atoms with E-state index in [2.05, 4.69) is 4.99 Å². The van der Waals surface area contributed by atoms with Crippen molar-refractivity contribution >= 4 is 12.0 Å². The Morgan fingerprint density at radius 1 is 1.05 bits per heavy atom. The van der Waals surface area contributed by atoms with Gasteiger partial charge in [0.1, 0.15) is 6.61 Å². The number of aliphatic imine (C=N–C) groups is 1. The first kappa shape index (κ1) is 18.0. The predicted octanol–water partition coefficient (Wildman–Crippen LogP) is 1.88. The molecule has 0 fully saturated rings. The first-order chi connectivity index (χ1) is 10.8. The molecule has 0 radical (unpaired) electrons. The van der Waals surface area contributed by atoms with Gasteiger partial charge in [0.2, 0.25) is 6.08 Å². The molecule has 1 aromatic rings. The number of benzene rings is 1. The van der Waals surface area contributed by atoms with Crippen LogP contribution in [-0.2, 0) is 30.4 Å². The lowest BCUT2D eigenvalue weighted by atomic mass is 10.2. The van der Waals surface area contributed by atoms with E-state index in [1.807, 2.05) is 30.3 Å². The number of nitrogens with zero attached hydrogens (tertiary/aromatic N) is 1. The molecular weight excluding hydrogens is 286 g/mol. The number of isocyanates is 1. The number of hydrogen-bond donors (Lipinski definition) is 0. The lowest BCUT2D eigenvalue weighted by Crippen LogP contribution is -2.10. The third-order valence-corrected chi connectivity index (χ3v) is 2.68. The summed E-state index contributed by atoms with van der Waals surface area (Å²) >= 11 is 0. The van der Waals surface area contributed by atoms with E-state index in [0.29, 0.717) is 33.0 Å². The first-order valence-electron chi connectivity index (χ1n) is 7.21. The smallest absolute Gasteiger partial charge is 0.308 e. The fraction of sp³-hybridized carbons (Fsp3) is 0.500. The number of hydrogen-bond acceptors (Lipinski definition) is 6. The van der Waals surface area contributed by atoms with Crippen molar-refractivity contribution in [3.05, 3.63) is 35.9 Å². The minimum atomic E-state index is -0.271. The molecule has 0 atom stereocenters. The molecule has 0 bridgehead atoms. The maximum absolute atomic E-state index is 11.5. The summed E-state index contributed by atoms with van der Waals surface area (Å²) in [5.74, 6) is -0.271. The van der Waals surface area contributed by atoms with Gasteiger partial charge in [0.15, 0.2) is 0 Å². The minimum absolute atomic E-state index is 0.238. The van der Waals surface area contributed by atoms with Crippen LogP contribution in [0.1, 0.15) is 18.4 Å². The predicted molar refractivity (Wildman–Crippen MR) is 80.1 cm³/mol. The molecule has 0 spiro atoms. The van der Waals surface area contributed by atoms with Gasteiger partial charge in [0.05, 0.1) is 26.2 Å². The summed E-state index contributed by atoms with van der Waals surface area (Å²) in [6, 6.07) is 9.53. The summed E-state index contributed by atoms with van der Waals surface area (Å²) in [6.07, 6.45) is 2.41. The van der Waals surface area contributed by atoms with Crippen molar-refractivity contribution in [2.45, 2.75) is 19.4 Å². The third kappa shape index (κ3) is 9.83. The normalized spacial score (nSPS) is 10.0. The van der Waals surface area contributed by atoms with Crippen LogP contribution in [0.25, 0.3) is 0 Å². The minimum Gasteiger partial charge on any atom is -0.461 e. The molecule has 6 heteroatoms. The number of rotatable bonds is 12. The third-order valence-electron chi connectivity index (χ3n) is 2.68. The van der Waals surface area contributed by atoms with Crippen LogP contribution in [0, 0.1) is 0 Å². The Morgan fingerprint density at radius 2 is 1.77 bits per heavy atom. The highest BCUT2D eigenvalue weighted by Crippen LogP contribution is 2.01. The van der Waals surface area contributed by atoms with Gasteiger partial charge in [-0.05, 0) is 12.0 Å². The largest absolute Gasteiger partial charge is 0.461 e. The van der Waals surface area contributed by atoms with Crippen molar-refractivity contribution in [3.8, 4) is 0 Å². The Bertz CT molecular complexity index is 457. The van der Waals surface area contributed by atoms with Gasteiger partial charge < -0.3 is 14.2 Å². The van der Waals surface area contributed by atoms with E-state index in [1.54, 1.807) is 0 Å². The van der Waals surface area contributed by atoms with E-state index in [-0.39, 0.29) is 19.0 Å². The SMILES string of the molecule is O=C=NCCOCCCOCCC(=O)OCc1ccccc1. The molecule has 0 unspecified atom stereocenters. The van der Waals surface area contributed by atoms with Crippen LogP contribution in [0.3, 0.4) is 0 Å². The number of esters is 1. The Morgan fingerprint density at radius 3 is 2.50 bits per heavy atom. The molecule has 0 heterocycles. The van der Waals surface area contributed by atoms with Gasteiger partial charge in [-0.15, -0.1) is 0 Å². The van der Waals surface area contributed by atoms with E-state index < -0.39 is 0 Å². The van der Waals surface area contributed by atoms with E-state index in [9.17, 15) is 9.59 Å². The van der Waals surface area contributed by atoms with Crippen molar-refractivity contribution in [1.82, 2.24) is 0 Å². The molecule has 0 saturated heterocycles. The summed E-state index contributed by atoms with van der Waals surface area (Å²) < 4.78 is 15.6. The molecule has 120 valence electrons. The van der Waals surface area contributed by atoms with E-state index in [0.717, 1.165) is 12.0 Å². The van der Waals surface area contributed by atoms with Crippen molar-refractivity contribution in [1.29, 1.82) is 0 Å². The van der Waals surface area contributed by atoms with E-state index in [1.165, 1.54) is 6.08 Å². The second kappa shape index (κ2) is 12.7.